The molecule has 0 unspecified atom stereocenters. The molecule has 0 saturated heterocycles. The largest absolute Gasteiger partial charge is 0.541 e. The molecule has 0 saturated carbocycles. The Hall–Kier alpha value is -2.73. The van der Waals surface area contributed by atoms with Gasteiger partial charge in [0.1, 0.15) is 0 Å². The number of ether oxygens (including phenoxy) is 1. The fourth-order valence-corrected chi connectivity index (χ4v) is 2.53. The van der Waals surface area contributed by atoms with E-state index in [1.165, 1.54) is 0 Å². The maximum Gasteiger partial charge on any atom is 0.378 e. The van der Waals surface area contributed by atoms with Gasteiger partial charge in [0.2, 0.25) is 0 Å². The lowest BCUT2D eigenvalue weighted by atomic mass is 10.1. The van der Waals surface area contributed by atoms with E-state index >= 15 is 0 Å². The second-order valence-electron chi connectivity index (χ2n) is 5.02. The van der Waals surface area contributed by atoms with E-state index < -0.39 is 29.7 Å². The molecule has 0 N–H and O–H groups in total. The fourth-order valence-electron chi connectivity index (χ4n) is 2.53. The first-order valence-corrected chi connectivity index (χ1v) is 6.92. The number of ketones is 2. The smallest absolute Gasteiger partial charge is 0.378 e. The molecule has 0 aromatic heterocycles. The molecule has 0 bridgehead atoms. The monoisotopic (exact) mass is 306 g/mol. The molecule has 23 heavy (non-hydrogen) atoms. The highest BCUT2D eigenvalue weighted by molar-refractivity contribution is 6.28. The fraction of sp³-hybridized carbons (Fsp3) is 0.118. The van der Waals surface area contributed by atoms with Crippen LogP contribution in [-0.4, -0.2) is 31.7 Å². The van der Waals surface area contributed by atoms with Crippen molar-refractivity contribution < 1.29 is 23.8 Å². The van der Waals surface area contributed by atoms with Crippen molar-refractivity contribution in [2.75, 3.05) is 0 Å². The van der Waals surface area contributed by atoms with Gasteiger partial charge in [-0.15, -0.1) is 0 Å². The van der Waals surface area contributed by atoms with E-state index in [0.29, 0.717) is 5.56 Å². The van der Waals surface area contributed by atoms with Crippen LogP contribution in [0.25, 0.3) is 0 Å². The summed E-state index contributed by atoms with van der Waals surface area (Å²) in [6.07, 6.45) is -2.63. The highest BCUT2D eigenvalue weighted by Gasteiger charge is 2.42. The molecule has 1 aliphatic rings. The molecule has 0 amide bonds. The highest BCUT2D eigenvalue weighted by atomic mass is 16.6. The van der Waals surface area contributed by atoms with Gasteiger partial charge in [-0.3, -0.25) is 14.4 Å². The predicted octanol–water partition coefficient (Wildman–Crippen LogP) is 1.82. The van der Waals surface area contributed by atoms with Gasteiger partial charge in [0, 0.05) is 11.1 Å². The van der Waals surface area contributed by atoms with Gasteiger partial charge in [-0.05, 0) is 5.56 Å². The second-order valence-corrected chi connectivity index (χ2v) is 5.02. The van der Waals surface area contributed by atoms with E-state index in [0.717, 1.165) is 0 Å². The minimum absolute atomic E-state index is 0.287. The zero-order chi connectivity index (χ0) is 16.4. The maximum absolute atomic E-state index is 12.4. The van der Waals surface area contributed by atoms with Gasteiger partial charge in [0.15, 0.2) is 23.8 Å². The highest BCUT2D eigenvalue weighted by Crippen LogP contribution is 2.29. The standard InChI is InChI=1S/C17H11BO5/c18-23-17(21)15(10-6-2-1-3-7-10)22-16-13(19)11-8-4-5-9-12(11)14(16)20/h1-9,15-16H/t15-/m0/s1. The van der Waals surface area contributed by atoms with Crippen molar-refractivity contribution in [2.24, 2.45) is 0 Å². The van der Waals surface area contributed by atoms with Crippen molar-refractivity contribution in [1.82, 2.24) is 0 Å². The Bertz CT molecular complexity index is 737. The first kappa shape index (κ1) is 15.2. The Morgan fingerprint density at radius 3 is 1.96 bits per heavy atom. The molecular formula is C17H11BO5. The molecule has 1 atom stereocenters. The van der Waals surface area contributed by atoms with Crippen LogP contribution in [0.4, 0.5) is 0 Å². The van der Waals surface area contributed by atoms with Crippen molar-refractivity contribution in [3.8, 4) is 0 Å². The Kier molecular flexibility index (Phi) is 4.08. The van der Waals surface area contributed by atoms with E-state index in [1.54, 1.807) is 54.6 Å². The molecule has 2 radical (unpaired) electrons. The summed E-state index contributed by atoms with van der Waals surface area (Å²) in [5.41, 5.74) is 1.02. The molecule has 2 aromatic rings. The van der Waals surface area contributed by atoms with Crippen LogP contribution in [0.2, 0.25) is 0 Å². The van der Waals surface area contributed by atoms with Crippen molar-refractivity contribution in [3.63, 3.8) is 0 Å². The van der Waals surface area contributed by atoms with Gasteiger partial charge < -0.3 is 9.39 Å². The summed E-state index contributed by atoms with van der Waals surface area (Å²) in [5, 5.41) is 0. The summed E-state index contributed by atoms with van der Waals surface area (Å²) in [4.78, 5) is 36.6. The van der Waals surface area contributed by atoms with Crippen LogP contribution in [0.5, 0.6) is 0 Å². The van der Waals surface area contributed by atoms with Gasteiger partial charge in [-0.25, -0.2) is 0 Å². The van der Waals surface area contributed by atoms with E-state index in [4.69, 9.17) is 12.8 Å². The Morgan fingerprint density at radius 1 is 0.913 bits per heavy atom. The molecule has 0 spiro atoms. The van der Waals surface area contributed by atoms with Crippen LogP contribution < -0.4 is 0 Å². The van der Waals surface area contributed by atoms with Gasteiger partial charge in [0.25, 0.3) is 0 Å². The van der Waals surface area contributed by atoms with Crippen molar-refractivity contribution in [1.29, 1.82) is 0 Å². The van der Waals surface area contributed by atoms with Crippen LogP contribution in [0.1, 0.15) is 32.4 Å². The number of carbonyl (C=O) groups is 3. The quantitative estimate of drug-likeness (QED) is 0.636. The average molecular weight is 306 g/mol. The third kappa shape index (κ3) is 2.69. The summed E-state index contributed by atoms with van der Waals surface area (Å²) in [6.45, 7) is 0. The minimum Gasteiger partial charge on any atom is -0.541 e. The van der Waals surface area contributed by atoms with E-state index in [2.05, 4.69) is 4.65 Å². The van der Waals surface area contributed by atoms with Crippen molar-refractivity contribution in [3.05, 3.63) is 71.3 Å². The van der Waals surface area contributed by atoms with Gasteiger partial charge in [-0.2, -0.15) is 0 Å². The Balaban J connectivity index is 1.92. The van der Waals surface area contributed by atoms with Crippen LogP contribution >= 0.6 is 0 Å². The summed E-state index contributed by atoms with van der Waals surface area (Å²) < 4.78 is 9.74. The van der Waals surface area contributed by atoms with E-state index in [9.17, 15) is 14.4 Å². The molecule has 6 heteroatoms. The molecule has 5 nitrogen and oxygen atoms in total. The van der Waals surface area contributed by atoms with E-state index in [1.807, 2.05) is 0 Å². The summed E-state index contributed by atoms with van der Waals surface area (Å²) in [6, 6.07) is 14.8. The second kappa shape index (κ2) is 6.18. The number of carbonyl (C=O) groups excluding carboxylic acids is 3. The summed E-state index contributed by atoms with van der Waals surface area (Å²) in [5.74, 6) is -1.83. The van der Waals surface area contributed by atoms with Crippen LogP contribution in [0, 0.1) is 0 Å². The lowest BCUT2D eigenvalue weighted by molar-refractivity contribution is -0.148. The zero-order valence-electron chi connectivity index (χ0n) is 12.0. The molecule has 1 aliphatic carbocycles. The minimum atomic E-state index is -1.38. The number of rotatable bonds is 4. The van der Waals surface area contributed by atoms with E-state index in [-0.39, 0.29) is 11.1 Å². The number of benzene rings is 2. The number of Topliss-reactive ketones (excluding diaryl/α,β-unsaturated/α-hetero) is 2. The topological polar surface area (TPSA) is 69.7 Å². The Labute approximate surface area is 133 Å². The molecule has 0 fully saturated rings. The number of fused-ring (bicyclic) bond motifs is 1. The SMILES string of the molecule is [B]OC(=O)[C@@H](OC1C(=O)c2ccccc2C1=O)c1ccccc1. The van der Waals surface area contributed by atoms with Crippen LogP contribution in [-0.2, 0) is 14.2 Å². The van der Waals surface area contributed by atoms with Crippen molar-refractivity contribution >= 4 is 25.6 Å². The molecule has 0 aliphatic heterocycles. The van der Waals surface area contributed by atoms with Crippen LogP contribution in [0.15, 0.2) is 54.6 Å². The van der Waals surface area contributed by atoms with Gasteiger partial charge in [-0.1, -0.05) is 54.6 Å². The van der Waals surface area contributed by atoms with Crippen molar-refractivity contribution in [2.45, 2.75) is 12.2 Å². The van der Waals surface area contributed by atoms with Crippen LogP contribution in [0.3, 0.4) is 0 Å². The molecule has 0 heterocycles. The van der Waals surface area contributed by atoms with Gasteiger partial charge in [0.05, 0.1) is 0 Å². The summed E-state index contributed by atoms with van der Waals surface area (Å²) in [7, 11) is 4.94. The molecule has 112 valence electrons. The third-order valence-corrected chi connectivity index (χ3v) is 3.64. The molecule has 3 rings (SSSR count). The Morgan fingerprint density at radius 2 is 1.43 bits per heavy atom. The third-order valence-electron chi connectivity index (χ3n) is 3.64. The molecule has 2 aromatic carbocycles. The average Bonchev–Trinajstić information content (AvgIpc) is 2.84. The first-order chi connectivity index (χ1) is 11.1. The number of hydrogen-bond acceptors (Lipinski definition) is 5. The lowest BCUT2D eigenvalue weighted by Gasteiger charge is -2.19. The zero-order valence-corrected chi connectivity index (χ0v) is 12.0. The first-order valence-electron chi connectivity index (χ1n) is 6.92. The molecular weight excluding hydrogens is 295 g/mol. The number of hydrogen-bond donors (Lipinski definition) is 0. The maximum atomic E-state index is 12.4. The van der Waals surface area contributed by atoms with Gasteiger partial charge >= 0.3 is 14.0 Å². The predicted molar refractivity (Wildman–Crippen MR) is 81.0 cm³/mol. The summed E-state index contributed by atoms with van der Waals surface area (Å²) >= 11 is 0. The normalized spacial score (nSPS) is 15.3. The lowest BCUT2D eigenvalue weighted by Crippen LogP contribution is -2.31.